The molecule has 1 fully saturated rings. The zero-order valence-electron chi connectivity index (χ0n) is 9.65. The molecule has 1 nitrogen and oxygen atoms in total. The molecule has 2 aliphatic rings. The molecule has 0 aromatic rings. The number of hydrogen-bond donors (Lipinski definition) is 0. The van der Waals surface area contributed by atoms with Crippen LogP contribution in [-0.2, 0) is 4.79 Å². The third-order valence-corrected chi connectivity index (χ3v) is 4.00. The van der Waals surface area contributed by atoms with E-state index < -0.39 is 0 Å². The molecular weight excluding hydrogens is 184 g/mol. The highest BCUT2D eigenvalue weighted by Crippen LogP contribution is 2.44. The molecule has 0 aromatic carbocycles. The van der Waals surface area contributed by atoms with Gasteiger partial charge in [-0.15, -0.1) is 0 Å². The molecule has 1 heteroatoms. The van der Waals surface area contributed by atoms with Crippen LogP contribution in [0.3, 0.4) is 0 Å². The summed E-state index contributed by atoms with van der Waals surface area (Å²) in [5.41, 5.74) is 0. The highest BCUT2D eigenvalue weighted by molar-refractivity contribution is 5.53. The maximum atomic E-state index is 10.9. The Morgan fingerprint density at radius 3 is 2.93 bits per heavy atom. The van der Waals surface area contributed by atoms with E-state index in [1.54, 1.807) is 0 Å². The fourth-order valence-electron chi connectivity index (χ4n) is 3.13. The van der Waals surface area contributed by atoms with Crippen molar-refractivity contribution in [1.29, 1.82) is 0 Å². The molecule has 0 heterocycles. The molecule has 0 amide bonds. The van der Waals surface area contributed by atoms with Gasteiger partial charge in [-0.05, 0) is 42.9 Å². The third kappa shape index (κ3) is 2.16. The second-order valence-corrected chi connectivity index (χ2v) is 5.11. The van der Waals surface area contributed by atoms with Crippen LogP contribution in [0.1, 0.15) is 33.1 Å². The normalized spacial score (nSPS) is 42.0. The molecular formula is C14H20O. The van der Waals surface area contributed by atoms with Crippen molar-refractivity contribution in [2.75, 3.05) is 0 Å². The number of carbonyl (C=O) groups excluding carboxylic acids is 1. The monoisotopic (exact) mass is 204 g/mol. The number of carbonyl (C=O) groups is 1. The Bertz CT molecular complexity index is 256. The lowest BCUT2D eigenvalue weighted by Crippen LogP contribution is -2.34. The van der Waals surface area contributed by atoms with Gasteiger partial charge in [0.15, 0.2) is 0 Å². The van der Waals surface area contributed by atoms with Gasteiger partial charge in [-0.25, -0.2) is 0 Å². The van der Waals surface area contributed by atoms with E-state index in [1.807, 2.05) is 0 Å². The van der Waals surface area contributed by atoms with Crippen LogP contribution in [0.4, 0.5) is 0 Å². The molecule has 1 saturated carbocycles. The SMILES string of the molecule is CC1[C]C2CCCC(C(C)C=O)C2C=C1. The topological polar surface area (TPSA) is 17.1 Å². The second-order valence-electron chi connectivity index (χ2n) is 5.11. The van der Waals surface area contributed by atoms with E-state index >= 15 is 0 Å². The molecule has 82 valence electrons. The van der Waals surface area contributed by atoms with Crippen LogP contribution in [0.2, 0.25) is 0 Å². The Labute approximate surface area is 92.9 Å². The minimum absolute atomic E-state index is 0.206. The Balaban J connectivity index is 2.13. The highest BCUT2D eigenvalue weighted by Gasteiger charge is 2.36. The minimum Gasteiger partial charge on any atom is -0.303 e. The van der Waals surface area contributed by atoms with E-state index in [9.17, 15) is 4.79 Å². The van der Waals surface area contributed by atoms with Gasteiger partial charge in [0.2, 0.25) is 0 Å². The first-order valence-electron chi connectivity index (χ1n) is 6.12. The molecule has 15 heavy (non-hydrogen) atoms. The maximum Gasteiger partial charge on any atom is 0.123 e. The second kappa shape index (κ2) is 4.51. The Morgan fingerprint density at radius 2 is 2.20 bits per heavy atom. The molecule has 0 bridgehead atoms. The van der Waals surface area contributed by atoms with Crippen LogP contribution in [0.25, 0.3) is 0 Å². The highest BCUT2D eigenvalue weighted by atomic mass is 16.1. The van der Waals surface area contributed by atoms with Gasteiger partial charge in [-0.3, -0.25) is 0 Å². The summed E-state index contributed by atoms with van der Waals surface area (Å²) in [7, 11) is 0. The van der Waals surface area contributed by atoms with E-state index in [-0.39, 0.29) is 5.92 Å². The fraction of sp³-hybridized carbons (Fsp3) is 0.714. The minimum atomic E-state index is 0.206. The lowest BCUT2D eigenvalue weighted by Gasteiger charge is -2.41. The predicted molar refractivity (Wildman–Crippen MR) is 61.1 cm³/mol. The van der Waals surface area contributed by atoms with E-state index in [1.165, 1.54) is 19.3 Å². The van der Waals surface area contributed by atoms with Crippen LogP contribution in [0.5, 0.6) is 0 Å². The molecule has 0 aliphatic heterocycles. The smallest absolute Gasteiger partial charge is 0.123 e. The van der Waals surface area contributed by atoms with Crippen LogP contribution in [-0.4, -0.2) is 6.29 Å². The molecule has 0 aromatic heterocycles. The van der Waals surface area contributed by atoms with Gasteiger partial charge in [-0.1, -0.05) is 32.4 Å². The van der Waals surface area contributed by atoms with Crippen molar-refractivity contribution in [3.05, 3.63) is 18.6 Å². The quantitative estimate of drug-likeness (QED) is 0.499. The standard InChI is InChI=1S/C14H20O/c1-10-6-7-14-12(8-10)4-3-5-13(14)11(2)9-15/h6-7,9-14H,3-5H2,1-2H3. The zero-order valence-corrected chi connectivity index (χ0v) is 9.65. The largest absolute Gasteiger partial charge is 0.303 e. The summed E-state index contributed by atoms with van der Waals surface area (Å²) >= 11 is 0. The molecule has 0 spiro atoms. The van der Waals surface area contributed by atoms with Crippen LogP contribution in [0.15, 0.2) is 12.2 Å². The summed E-state index contributed by atoms with van der Waals surface area (Å²) in [6, 6.07) is 0. The molecule has 0 N–H and O–H groups in total. The molecule has 2 aliphatic carbocycles. The van der Waals surface area contributed by atoms with Gasteiger partial charge >= 0.3 is 0 Å². The van der Waals surface area contributed by atoms with Crippen molar-refractivity contribution < 1.29 is 4.79 Å². The lowest BCUT2D eigenvalue weighted by molar-refractivity contribution is -0.113. The number of allylic oxidation sites excluding steroid dienone is 2. The fourth-order valence-corrected chi connectivity index (χ4v) is 3.13. The van der Waals surface area contributed by atoms with Crippen molar-refractivity contribution in [2.45, 2.75) is 33.1 Å². The van der Waals surface area contributed by atoms with Crippen LogP contribution in [0, 0.1) is 36.0 Å². The molecule has 0 saturated heterocycles. The Hall–Kier alpha value is -0.590. The number of rotatable bonds is 2. The van der Waals surface area contributed by atoms with Crippen molar-refractivity contribution in [3.8, 4) is 0 Å². The maximum absolute atomic E-state index is 10.9. The van der Waals surface area contributed by atoms with Crippen molar-refractivity contribution in [2.24, 2.45) is 29.6 Å². The van der Waals surface area contributed by atoms with Gasteiger partial charge < -0.3 is 4.79 Å². The Morgan fingerprint density at radius 1 is 1.40 bits per heavy atom. The first-order chi connectivity index (χ1) is 7.22. The van der Waals surface area contributed by atoms with Gasteiger partial charge in [0, 0.05) is 5.92 Å². The average molecular weight is 204 g/mol. The van der Waals surface area contributed by atoms with Crippen LogP contribution < -0.4 is 0 Å². The van der Waals surface area contributed by atoms with Crippen molar-refractivity contribution in [1.82, 2.24) is 0 Å². The van der Waals surface area contributed by atoms with Gasteiger partial charge in [0.05, 0.1) is 0 Å². The summed E-state index contributed by atoms with van der Waals surface area (Å²) in [4.78, 5) is 10.9. The Kier molecular flexibility index (Phi) is 3.28. The van der Waals surface area contributed by atoms with E-state index in [0.29, 0.717) is 23.7 Å². The van der Waals surface area contributed by atoms with Gasteiger partial charge in [0.25, 0.3) is 0 Å². The summed E-state index contributed by atoms with van der Waals surface area (Å²) in [5, 5.41) is 0. The number of aldehydes is 1. The molecule has 5 atom stereocenters. The predicted octanol–water partition coefficient (Wildman–Crippen LogP) is 3.14. The summed E-state index contributed by atoms with van der Waals surface area (Å²) in [6.07, 6.45) is 13.1. The zero-order chi connectivity index (χ0) is 10.8. The van der Waals surface area contributed by atoms with Crippen LogP contribution >= 0.6 is 0 Å². The third-order valence-electron chi connectivity index (χ3n) is 4.00. The first kappa shape index (κ1) is 10.9. The number of fused-ring (bicyclic) bond motifs is 1. The molecule has 5 unspecified atom stereocenters. The summed E-state index contributed by atoms with van der Waals surface area (Å²) < 4.78 is 0. The summed E-state index contributed by atoms with van der Waals surface area (Å²) in [6.45, 7) is 4.26. The van der Waals surface area contributed by atoms with Crippen molar-refractivity contribution >= 4 is 6.29 Å². The van der Waals surface area contributed by atoms with E-state index in [4.69, 9.17) is 0 Å². The summed E-state index contributed by atoms with van der Waals surface area (Å²) in [5.74, 6) is 2.44. The molecule has 2 radical (unpaired) electrons. The van der Waals surface area contributed by atoms with Gasteiger partial charge in [0.1, 0.15) is 6.29 Å². The molecule has 2 rings (SSSR count). The van der Waals surface area contributed by atoms with Gasteiger partial charge in [-0.2, -0.15) is 0 Å². The lowest BCUT2D eigenvalue weighted by atomic mass is 9.63. The van der Waals surface area contributed by atoms with Crippen molar-refractivity contribution in [3.63, 3.8) is 0 Å². The number of hydrogen-bond acceptors (Lipinski definition) is 1. The first-order valence-corrected chi connectivity index (χ1v) is 6.12. The van der Waals surface area contributed by atoms with E-state index in [0.717, 1.165) is 6.29 Å². The average Bonchev–Trinajstić information content (AvgIpc) is 2.26. The van der Waals surface area contributed by atoms with E-state index in [2.05, 4.69) is 32.4 Å².